The number of piperidine rings is 1. The molecule has 0 bridgehead atoms. The van der Waals surface area contributed by atoms with Crippen LogP contribution < -0.4 is 10.6 Å². The lowest BCUT2D eigenvalue weighted by Crippen LogP contribution is -2.40. The highest BCUT2D eigenvalue weighted by Gasteiger charge is 2.28. The molecule has 1 fully saturated rings. The molecule has 4 aromatic rings. The summed E-state index contributed by atoms with van der Waals surface area (Å²) in [7, 11) is 0. The quantitative estimate of drug-likeness (QED) is 0.314. The molecule has 3 heterocycles. The lowest BCUT2D eigenvalue weighted by Gasteiger charge is -2.31. The van der Waals surface area contributed by atoms with Crippen molar-refractivity contribution in [1.82, 2.24) is 25.3 Å². The van der Waals surface area contributed by atoms with Crippen molar-refractivity contribution >= 4 is 33.4 Å². The fraction of sp³-hybridized carbons (Fsp3) is 0.250. The molecule has 2 amide bonds. The Morgan fingerprint density at radius 3 is 2.84 bits per heavy atom. The number of benzene rings is 2. The number of nitrogens with one attached hydrogen (secondary N) is 2. The van der Waals surface area contributed by atoms with Gasteiger partial charge in [0.25, 0.3) is 5.91 Å². The van der Waals surface area contributed by atoms with Crippen molar-refractivity contribution in [2.45, 2.75) is 25.9 Å². The van der Waals surface area contributed by atoms with Crippen LogP contribution in [0.15, 0.2) is 82.1 Å². The summed E-state index contributed by atoms with van der Waals surface area (Å²) in [6.07, 6.45) is 5.03. The van der Waals surface area contributed by atoms with Gasteiger partial charge in [-0.1, -0.05) is 51.4 Å². The molecule has 1 atom stereocenters. The lowest BCUT2D eigenvalue weighted by molar-refractivity contribution is -0.121. The fourth-order valence-corrected chi connectivity index (χ4v) is 4.87. The number of aromatic nitrogens is 3. The summed E-state index contributed by atoms with van der Waals surface area (Å²) in [6, 6.07) is 18.5. The van der Waals surface area contributed by atoms with E-state index in [2.05, 4.69) is 46.6 Å². The van der Waals surface area contributed by atoms with Gasteiger partial charge in [0.15, 0.2) is 0 Å². The molecule has 9 nitrogen and oxygen atoms in total. The van der Waals surface area contributed by atoms with E-state index in [-0.39, 0.29) is 17.7 Å². The molecule has 2 aromatic carbocycles. The van der Waals surface area contributed by atoms with E-state index < -0.39 is 0 Å². The van der Waals surface area contributed by atoms with E-state index in [0.717, 1.165) is 35.0 Å². The van der Waals surface area contributed by atoms with Crippen LogP contribution in [0.25, 0.3) is 11.4 Å². The van der Waals surface area contributed by atoms with Crippen LogP contribution in [-0.4, -0.2) is 44.9 Å². The topological polar surface area (TPSA) is 113 Å². The number of anilines is 1. The van der Waals surface area contributed by atoms with Crippen LogP contribution in [0.1, 0.15) is 34.7 Å². The van der Waals surface area contributed by atoms with Crippen molar-refractivity contribution in [1.29, 1.82) is 0 Å². The second-order valence-corrected chi connectivity index (χ2v) is 10.1. The van der Waals surface area contributed by atoms with Crippen molar-refractivity contribution in [3.63, 3.8) is 0 Å². The number of nitrogens with zero attached hydrogens (tertiary/aromatic N) is 4. The van der Waals surface area contributed by atoms with Gasteiger partial charge in [0.2, 0.25) is 17.6 Å². The molecular weight excluding hydrogens is 548 g/mol. The first-order chi connectivity index (χ1) is 18.5. The SMILES string of the molecule is O=C(NCc1cccnc1)c1ccccc1NC(=O)C1CCCN(Cc2nc(-c3cccc(Br)c3)no2)C1. The second kappa shape index (κ2) is 12.1. The van der Waals surface area contributed by atoms with Crippen molar-refractivity contribution in [2.24, 2.45) is 5.92 Å². The number of carbonyl (C=O) groups is 2. The maximum absolute atomic E-state index is 13.2. The van der Waals surface area contributed by atoms with Crippen molar-refractivity contribution in [2.75, 3.05) is 18.4 Å². The Morgan fingerprint density at radius 2 is 2.00 bits per heavy atom. The first-order valence-corrected chi connectivity index (χ1v) is 13.2. The number of rotatable bonds is 8. The molecule has 5 rings (SSSR count). The first-order valence-electron chi connectivity index (χ1n) is 12.4. The van der Waals surface area contributed by atoms with E-state index in [9.17, 15) is 9.59 Å². The van der Waals surface area contributed by atoms with Gasteiger partial charge in [-0.3, -0.25) is 19.5 Å². The van der Waals surface area contributed by atoms with E-state index >= 15 is 0 Å². The third-order valence-electron chi connectivity index (χ3n) is 6.39. The Hall–Kier alpha value is -3.89. The highest BCUT2D eigenvalue weighted by molar-refractivity contribution is 9.10. The summed E-state index contributed by atoms with van der Waals surface area (Å²) in [6.45, 7) is 2.23. The number of carbonyl (C=O) groups excluding carboxylic acids is 2. The van der Waals surface area contributed by atoms with Gasteiger partial charge in [-0.05, 0) is 55.3 Å². The average Bonchev–Trinajstić information content (AvgIpc) is 3.41. The standard InChI is InChI=1S/C28H27BrN6O3/c29-22-9-3-7-20(14-22)26-33-25(38-34-26)18-35-13-5-8-21(17-35)27(36)32-24-11-2-1-10-23(24)28(37)31-16-19-6-4-12-30-15-19/h1-4,6-7,9-12,14-15,21H,5,8,13,16-18H2,(H,31,37)(H,32,36). The van der Waals surface area contributed by atoms with Gasteiger partial charge in [-0.15, -0.1) is 0 Å². The van der Waals surface area contributed by atoms with Crippen molar-refractivity contribution < 1.29 is 14.1 Å². The van der Waals surface area contributed by atoms with Gasteiger partial charge >= 0.3 is 0 Å². The molecule has 1 unspecified atom stereocenters. The van der Waals surface area contributed by atoms with Crippen LogP contribution in [0.4, 0.5) is 5.69 Å². The van der Waals surface area contributed by atoms with Crippen molar-refractivity contribution in [3.05, 3.63) is 94.5 Å². The Labute approximate surface area is 228 Å². The zero-order valence-corrected chi connectivity index (χ0v) is 22.2. The molecular formula is C28H27BrN6O3. The van der Waals surface area contributed by atoms with E-state index in [1.165, 1.54) is 0 Å². The second-order valence-electron chi connectivity index (χ2n) is 9.18. The van der Waals surface area contributed by atoms with Crippen LogP contribution in [0, 0.1) is 5.92 Å². The third-order valence-corrected chi connectivity index (χ3v) is 6.88. The van der Waals surface area contributed by atoms with E-state index in [1.54, 1.807) is 36.7 Å². The van der Waals surface area contributed by atoms with Crippen LogP contribution in [-0.2, 0) is 17.9 Å². The predicted molar refractivity (Wildman–Crippen MR) is 146 cm³/mol. The molecule has 0 saturated carbocycles. The normalized spacial score (nSPS) is 15.7. The molecule has 0 aliphatic carbocycles. The molecule has 194 valence electrons. The summed E-state index contributed by atoms with van der Waals surface area (Å²) in [5.41, 5.74) is 2.68. The number of hydrogen-bond donors (Lipinski definition) is 2. The monoisotopic (exact) mass is 574 g/mol. The number of halogens is 1. The van der Waals surface area contributed by atoms with Gasteiger partial charge in [0.1, 0.15) is 0 Å². The Balaban J connectivity index is 1.19. The van der Waals surface area contributed by atoms with E-state index in [4.69, 9.17) is 4.52 Å². The van der Waals surface area contributed by atoms with Gasteiger partial charge in [-0.25, -0.2) is 0 Å². The molecule has 10 heteroatoms. The fourth-order valence-electron chi connectivity index (χ4n) is 4.47. The van der Waals surface area contributed by atoms with Gasteiger partial charge in [0, 0.05) is 35.5 Å². The maximum atomic E-state index is 13.2. The largest absolute Gasteiger partial charge is 0.348 e. The van der Waals surface area contributed by atoms with Gasteiger partial charge in [-0.2, -0.15) is 4.98 Å². The summed E-state index contributed by atoms with van der Waals surface area (Å²) < 4.78 is 6.43. The van der Waals surface area contributed by atoms with Crippen LogP contribution in [0.5, 0.6) is 0 Å². The molecule has 2 aromatic heterocycles. The number of hydrogen-bond acceptors (Lipinski definition) is 7. The first kappa shape index (κ1) is 25.7. The molecule has 1 aliphatic heterocycles. The highest BCUT2D eigenvalue weighted by atomic mass is 79.9. The summed E-state index contributed by atoms with van der Waals surface area (Å²) in [4.78, 5) is 36.8. The molecule has 2 N–H and O–H groups in total. The molecule has 1 aliphatic rings. The predicted octanol–water partition coefficient (Wildman–Crippen LogP) is 4.67. The summed E-state index contributed by atoms with van der Waals surface area (Å²) in [5, 5.41) is 9.98. The minimum atomic E-state index is -0.257. The van der Waals surface area contributed by atoms with E-state index in [0.29, 0.717) is 42.6 Å². The van der Waals surface area contributed by atoms with Crippen LogP contribution >= 0.6 is 15.9 Å². The Morgan fingerprint density at radius 1 is 1.11 bits per heavy atom. The Bertz CT molecular complexity index is 1410. The van der Waals surface area contributed by atoms with Gasteiger partial charge < -0.3 is 15.2 Å². The minimum Gasteiger partial charge on any atom is -0.348 e. The highest BCUT2D eigenvalue weighted by Crippen LogP contribution is 2.24. The number of likely N-dealkylation sites (tertiary alicyclic amines) is 1. The van der Waals surface area contributed by atoms with Crippen molar-refractivity contribution in [3.8, 4) is 11.4 Å². The molecule has 0 radical (unpaired) electrons. The summed E-state index contributed by atoms with van der Waals surface area (Å²) in [5.74, 6) is 0.459. The third kappa shape index (κ3) is 6.51. The van der Waals surface area contributed by atoms with Crippen LogP contribution in [0.2, 0.25) is 0 Å². The number of amides is 2. The lowest BCUT2D eigenvalue weighted by atomic mass is 9.96. The average molecular weight is 575 g/mol. The zero-order valence-electron chi connectivity index (χ0n) is 20.6. The minimum absolute atomic E-state index is 0.109. The zero-order chi connectivity index (χ0) is 26.3. The molecule has 0 spiro atoms. The summed E-state index contributed by atoms with van der Waals surface area (Å²) >= 11 is 3.46. The van der Waals surface area contributed by atoms with Gasteiger partial charge in [0.05, 0.1) is 23.7 Å². The number of para-hydroxylation sites is 1. The molecule has 1 saturated heterocycles. The Kier molecular flexibility index (Phi) is 8.20. The smallest absolute Gasteiger partial charge is 0.253 e. The van der Waals surface area contributed by atoms with Crippen LogP contribution in [0.3, 0.4) is 0 Å². The molecule has 38 heavy (non-hydrogen) atoms. The number of pyridine rings is 1. The maximum Gasteiger partial charge on any atom is 0.253 e. The van der Waals surface area contributed by atoms with E-state index in [1.807, 2.05) is 36.4 Å².